The van der Waals surface area contributed by atoms with E-state index in [4.69, 9.17) is 14.0 Å². The highest BCUT2D eigenvalue weighted by Gasteiger charge is 2.51. The molecule has 0 saturated carbocycles. The van der Waals surface area contributed by atoms with Crippen molar-refractivity contribution in [3.63, 3.8) is 0 Å². The molecular weight excluding hydrogens is 353 g/mol. The van der Waals surface area contributed by atoms with E-state index in [1.165, 1.54) is 5.56 Å². The van der Waals surface area contributed by atoms with Crippen molar-refractivity contribution < 1.29 is 18.8 Å². The van der Waals surface area contributed by atoms with E-state index < -0.39 is 5.60 Å². The average Bonchev–Trinajstić information content (AvgIpc) is 3.08. The molecule has 154 valence electrons. The summed E-state index contributed by atoms with van der Waals surface area (Å²) in [6.45, 7) is 16.8. The Morgan fingerprint density at radius 1 is 1.18 bits per heavy atom. The van der Waals surface area contributed by atoms with Crippen molar-refractivity contribution in [1.82, 2.24) is 4.90 Å². The minimum Gasteiger partial charge on any atom is -0.444 e. The molecule has 0 aliphatic carbocycles. The average molecular weight is 387 g/mol. The zero-order chi connectivity index (χ0) is 20.9. The molecule has 0 aromatic heterocycles. The second-order valence-corrected chi connectivity index (χ2v) is 10.0. The lowest BCUT2D eigenvalue weighted by Gasteiger charge is -2.32. The van der Waals surface area contributed by atoms with Gasteiger partial charge in [-0.1, -0.05) is 18.2 Å². The van der Waals surface area contributed by atoms with Crippen LogP contribution in [0.2, 0.25) is 0 Å². The normalized spacial score (nSPS) is 23.9. The third-order valence-corrected chi connectivity index (χ3v) is 6.06. The Bertz CT molecular complexity index is 737. The molecule has 28 heavy (non-hydrogen) atoms. The molecule has 1 atom stereocenters. The molecule has 2 aliphatic heterocycles. The number of benzene rings is 1. The minimum absolute atomic E-state index is 0.0576. The smallest absolute Gasteiger partial charge is 0.444 e. The first kappa shape index (κ1) is 21.2. The fraction of sp³-hybridized carbons (Fsp3) is 0.682. The Morgan fingerprint density at radius 3 is 2.32 bits per heavy atom. The molecule has 1 aromatic carbocycles. The lowest BCUT2D eigenvalue weighted by atomic mass is 9.77. The van der Waals surface area contributed by atoms with Crippen LogP contribution in [0.3, 0.4) is 0 Å². The molecule has 3 rings (SSSR count). The highest BCUT2D eigenvalue weighted by molar-refractivity contribution is 6.62. The van der Waals surface area contributed by atoms with E-state index in [9.17, 15) is 4.79 Å². The van der Waals surface area contributed by atoms with Crippen LogP contribution in [-0.2, 0) is 14.0 Å². The highest BCUT2D eigenvalue weighted by atomic mass is 16.7. The van der Waals surface area contributed by atoms with E-state index in [1.54, 1.807) is 0 Å². The molecule has 6 heteroatoms. The van der Waals surface area contributed by atoms with Crippen LogP contribution in [0.15, 0.2) is 18.2 Å². The van der Waals surface area contributed by atoms with Gasteiger partial charge in [0.05, 0.1) is 17.2 Å². The van der Waals surface area contributed by atoms with Gasteiger partial charge in [-0.2, -0.15) is 0 Å². The first-order valence-corrected chi connectivity index (χ1v) is 10.3. The number of amides is 1. The summed E-state index contributed by atoms with van der Waals surface area (Å²) >= 11 is 0. The summed E-state index contributed by atoms with van der Waals surface area (Å²) in [5.74, 6) is 0. The second kappa shape index (κ2) is 7.07. The summed E-state index contributed by atoms with van der Waals surface area (Å²) in [5, 5.41) is 0. The summed E-state index contributed by atoms with van der Waals surface area (Å²) in [4.78, 5) is 14.5. The Morgan fingerprint density at radius 2 is 1.79 bits per heavy atom. The molecule has 2 fully saturated rings. The van der Waals surface area contributed by atoms with Gasteiger partial charge in [-0.3, -0.25) is 0 Å². The quantitative estimate of drug-likeness (QED) is 0.708. The fourth-order valence-electron chi connectivity index (χ4n) is 3.83. The Labute approximate surface area is 169 Å². The van der Waals surface area contributed by atoms with Gasteiger partial charge in [0.15, 0.2) is 0 Å². The summed E-state index contributed by atoms with van der Waals surface area (Å²) < 4.78 is 18.0. The van der Waals surface area contributed by atoms with Crippen molar-refractivity contribution >= 4 is 18.7 Å². The van der Waals surface area contributed by atoms with E-state index in [2.05, 4.69) is 52.8 Å². The number of rotatable bonds is 2. The van der Waals surface area contributed by atoms with Crippen LogP contribution in [0.25, 0.3) is 0 Å². The maximum absolute atomic E-state index is 12.6. The van der Waals surface area contributed by atoms with Crippen molar-refractivity contribution in [2.45, 2.75) is 91.1 Å². The summed E-state index contributed by atoms with van der Waals surface area (Å²) in [7, 11) is -0.372. The van der Waals surface area contributed by atoms with Crippen molar-refractivity contribution in [3.05, 3.63) is 29.3 Å². The van der Waals surface area contributed by atoms with Crippen LogP contribution in [-0.4, -0.2) is 41.5 Å². The van der Waals surface area contributed by atoms with Crippen molar-refractivity contribution in [1.29, 1.82) is 0 Å². The van der Waals surface area contributed by atoms with Crippen LogP contribution in [0.5, 0.6) is 0 Å². The third-order valence-electron chi connectivity index (χ3n) is 6.06. The van der Waals surface area contributed by atoms with E-state index >= 15 is 0 Å². The van der Waals surface area contributed by atoms with Crippen molar-refractivity contribution in [2.75, 3.05) is 6.54 Å². The Balaban J connectivity index is 1.80. The van der Waals surface area contributed by atoms with E-state index in [1.807, 2.05) is 25.7 Å². The molecule has 0 spiro atoms. The number of ether oxygens (including phenoxy) is 1. The molecule has 2 saturated heterocycles. The van der Waals surface area contributed by atoms with Gasteiger partial charge >= 0.3 is 13.2 Å². The molecule has 2 heterocycles. The molecule has 1 unspecified atom stereocenters. The Kier molecular flexibility index (Phi) is 5.35. The summed E-state index contributed by atoms with van der Waals surface area (Å²) in [5.41, 5.74) is 2.13. The van der Waals surface area contributed by atoms with Crippen LogP contribution < -0.4 is 5.46 Å². The van der Waals surface area contributed by atoms with Gasteiger partial charge in [-0.25, -0.2) is 4.79 Å². The molecular formula is C22H34BNO4. The predicted molar refractivity (Wildman–Crippen MR) is 112 cm³/mol. The molecule has 0 bridgehead atoms. The Hall–Kier alpha value is -1.53. The van der Waals surface area contributed by atoms with E-state index in [0.717, 1.165) is 30.4 Å². The summed E-state index contributed by atoms with van der Waals surface area (Å²) in [6, 6.07) is 6.37. The van der Waals surface area contributed by atoms with E-state index in [-0.39, 0.29) is 30.5 Å². The van der Waals surface area contributed by atoms with Crippen LogP contribution in [0.4, 0.5) is 4.79 Å². The first-order chi connectivity index (χ1) is 12.8. The van der Waals surface area contributed by atoms with Gasteiger partial charge in [0, 0.05) is 6.54 Å². The number of hydrogen-bond donors (Lipinski definition) is 0. The van der Waals surface area contributed by atoms with Gasteiger partial charge in [-0.15, -0.1) is 0 Å². The maximum atomic E-state index is 12.6. The zero-order valence-electron chi connectivity index (χ0n) is 18.6. The van der Waals surface area contributed by atoms with Crippen molar-refractivity contribution in [2.24, 2.45) is 0 Å². The zero-order valence-corrected chi connectivity index (χ0v) is 18.6. The summed E-state index contributed by atoms with van der Waals surface area (Å²) in [6.07, 6.45) is 1.71. The standard InChI is InChI=1S/C22H34BNO4/c1-15-14-16(23-27-21(5,6)22(7,8)28-23)11-12-17(15)18-10-9-13-24(18)19(25)26-20(2,3)4/h11-12,14,18H,9-10,13H2,1-8H3. The molecule has 1 amide bonds. The molecule has 5 nitrogen and oxygen atoms in total. The SMILES string of the molecule is Cc1cc(B2OC(C)(C)C(C)(C)O2)ccc1C1CCCN1C(=O)OC(C)(C)C. The number of nitrogens with zero attached hydrogens (tertiary/aromatic N) is 1. The molecule has 0 N–H and O–H groups in total. The number of likely N-dealkylation sites (tertiary alicyclic amines) is 1. The lowest BCUT2D eigenvalue weighted by Crippen LogP contribution is -2.41. The number of aryl methyl sites for hydroxylation is 1. The number of carbonyl (C=O) groups is 1. The highest BCUT2D eigenvalue weighted by Crippen LogP contribution is 2.38. The van der Waals surface area contributed by atoms with Gasteiger partial charge in [0.1, 0.15) is 5.60 Å². The lowest BCUT2D eigenvalue weighted by molar-refractivity contribution is 0.00578. The van der Waals surface area contributed by atoms with Gasteiger partial charge < -0.3 is 18.9 Å². The van der Waals surface area contributed by atoms with Crippen LogP contribution in [0, 0.1) is 6.92 Å². The van der Waals surface area contributed by atoms with Crippen LogP contribution in [0.1, 0.15) is 78.5 Å². The van der Waals surface area contributed by atoms with Gasteiger partial charge in [0.2, 0.25) is 0 Å². The maximum Gasteiger partial charge on any atom is 0.494 e. The van der Waals surface area contributed by atoms with E-state index in [0.29, 0.717) is 0 Å². The fourth-order valence-corrected chi connectivity index (χ4v) is 3.83. The minimum atomic E-state index is -0.486. The molecule has 1 aromatic rings. The first-order valence-electron chi connectivity index (χ1n) is 10.3. The number of carbonyl (C=O) groups excluding carboxylic acids is 1. The second-order valence-electron chi connectivity index (χ2n) is 10.0. The van der Waals surface area contributed by atoms with Crippen LogP contribution >= 0.6 is 0 Å². The number of hydrogen-bond acceptors (Lipinski definition) is 4. The topological polar surface area (TPSA) is 48.0 Å². The third kappa shape index (κ3) is 4.08. The monoisotopic (exact) mass is 387 g/mol. The molecule has 0 radical (unpaired) electrons. The largest absolute Gasteiger partial charge is 0.494 e. The predicted octanol–water partition coefficient (Wildman–Crippen LogP) is 4.37. The van der Waals surface area contributed by atoms with Gasteiger partial charge in [-0.05, 0) is 84.8 Å². The molecule has 2 aliphatic rings. The van der Waals surface area contributed by atoms with Crippen molar-refractivity contribution in [3.8, 4) is 0 Å². The van der Waals surface area contributed by atoms with Gasteiger partial charge in [0.25, 0.3) is 0 Å².